The van der Waals surface area contributed by atoms with Crippen LogP contribution in [0.25, 0.3) is 11.3 Å². The largest absolute Gasteiger partial charge is 0.325 e. The van der Waals surface area contributed by atoms with Crippen LogP contribution in [-0.4, -0.2) is 11.0 Å². The average molecular weight is 372 g/mol. The number of urea groups is 1. The Labute approximate surface area is 155 Å². The summed E-state index contributed by atoms with van der Waals surface area (Å²) in [6.07, 6.45) is 0. The number of aromatic nitrogens is 1. The normalized spacial score (nSPS) is 10.7. The highest BCUT2D eigenvalue weighted by Gasteiger charge is 2.10. The van der Waals surface area contributed by atoms with Gasteiger partial charge >= 0.3 is 6.03 Å². The Morgan fingerprint density at radius 1 is 1.08 bits per heavy atom. The first kappa shape index (κ1) is 17.5. The minimum Gasteiger partial charge on any atom is -0.306 e. The number of nitrogens with one attached hydrogen (secondary N) is 2. The molecule has 0 spiro atoms. The fourth-order valence-corrected chi connectivity index (χ4v) is 3.21. The van der Waals surface area contributed by atoms with Crippen LogP contribution in [0, 0.1) is 0 Å². The summed E-state index contributed by atoms with van der Waals surface area (Å²) in [6, 6.07) is 15.0. The zero-order chi connectivity index (χ0) is 17.8. The molecule has 2 amide bonds. The van der Waals surface area contributed by atoms with Gasteiger partial charge in [0.15, 0.2) is 5.13 Å². The number of carbonyl (C=O) groups excluding carboxylic acids is 1. The van der Waals surface area contributed by atoms with Crippen LogP contribution in [0.2, 0.25) is 5.02 Å². The lowest BCUT2D eigenvalue weighted by atomic mass is 10.0. The molecule has 0 fully saturated rings. The van der Waals surface area contributed by atoms with Crippen LogP contribution in [0.1, 0.15) is 25.3 Å². The number of amides is 2. The zero-order valence-electron chi connectivity index (χ0n) is 13.9. The van der Waals surface area contributed by atoms with Gasteiger partial charge in [0.25, 0.3) is 0 Å². The van der Waals surface area contributed by atoms with E-state index < -0.39 is 0 Å². The average Bonchev–Trinajstić information content (AvgIpc) is 3.05. The molecular weight excluding hydrogens is 354 g/mol. The third-order valence-electron chi connectivity index (χ3n) is 3.72. The number of hydrogen-bond donors (Lipinski definition) is 2. The number of rotatable bonds is 4. The predicted octanol–water partition coefficient (Wildman–Crippen LogP) is 6.23. The Balaban J connectivity index is 1.67. The summed E-state index contributed by atoms with van der Waals surface area (Å²) < 4.78 is 0. The topological polar surface area (TPSA) is 54.0 Å². The zero-order valence-corrected chi connectivity index (χ0v) is 15.5. The van der Waals surface area contributed by atoms with Crippen molar-refractivity contribution in [1.29, 1.82) is 0 Å². The monoisotopic (exact) mass is 371 g/mol. The quantitative estimate of drug-likeness (QED) is 0.571. The predicted molar refractivity (Wildman–Crippen MR) is 106 cm³/mol. The van der Waals surface area contributed by atoms with Gasteiger partial charge in [-0.3, -0.25) is 5.32 Å². The molecule has 0 aliphatic carbocycles. The van der Waals surface area contributed by atoms with Gasteiger partial charge in [-0.1, -0.05) is 61.8 Å². The third kappa shape index (κ3) is 4.38. The van der Waals surface area contributed by atoms with E-state index in [-0.39, 0.29) is 6.03 Å². The van der Waals surface area contributed by atoms with Gasteiger partial charge in [-0.2, -0.15) is 0 Å². The Bertz CT molecular complexity index is 874. The number of halogens is 1. The molecule has 2 aromatic carbocycles. The fraction of sp³-hybridized carbons (Fsp3) is 0.158. The van der Waals surface area contributed by atoms with Crippen molar-refractivity contribution in [2.45, 2.75) is 19.8 Å². The van der Waals surface area contributed by atoms with E-state index in [0.717, 1.165) is 11.3 Å². The summed E-state index contributed by atoms with van der Waals surface area (Å²) >= 11 is 7.42. The minimum absolute atomic E-state index is 0.371. The highest BCUT2D eigenvalue weighted by atomic mass is 35.5. The molecule has 0 bridgehead atoms. The van der Waals surface area contributed by atoms with Gasteiger partial charge in [0, 0.05) is 10.9 Å². The minimum atomic E-state index is -0.371. The second-order valence-corrected chi connectivity index (χ2v) is 7.14. The molecule has 0 atom stereocenters. The van der Waals surface area contributed by atoms with Crippen molar-refractivity contribution in [1.82, 2.24) is 4.98 Å². The molecule has 0 saturated carbocycles. The second kappa shape index (κ2) is 7.68. The van der Waals surface area contributed by atoms with Crippen molar-refractivity contribution >= 4 is 39.8 Å². The van der Waals surface area contributed by atoms with Crippen LogP contribution in [-0.2, 0) is 0 Å². The Morgan fingerprint density at radius 3 is 2.48 bits per heavy atom. The molecule has 4 nitrogen and oxygen atoms in total. The lowest BCUT2D eigenvalue weighted by molar-refractivity contribution is 0.262. The summed E-state index contributed by atoms with van der Waals surface area (Å²) in [6.45, 7) is 4.33. The maximum Gasteiger partial charge on any atom is 0.325 e. The number of nitrogens with zero attached hydrogens (tertiary/aromatic N) is 1. The molecular formula is C19H18ClN3OS. The standard InChI is InChI=1S/C19H18ClN3OS/c1-12(2)13-7-9-14(10-8-13)17-11-25-19(22-17)23-18(24)21-16-6-4-3-5-15(16)20/h3-12H,1-2H3,(H2,21,22,23,24). The molecule has 0 aliphatic heterocycles. The van der Waals surface area contributed by atoms with Gasteiger partial charge < -0.3 is 5.32 Å². The Kier molecular flexibility index (Phi) is 5.36. The lowest BCUT2D eigenvalue weighted by Gasteiger charge is -2.07. The van der Waals surface area contributed by atoms with E-state index in [9.17, 15) is 4.79 Å². The van der Waals surface area contributed by atoms with Crippen molar-refractivity contribution < 1.29 is 4.79 Å². The van der Waals surface area contributed by atoms with Crippen LogP contribution in [0.4, 0.5) is 15.6 Å². The summed E-state index contributed by atoms with van der Waals surface area (Å²) in [5.41, 5.74) is 3.72. The van der Waals surface area contributed by atoms with E-state index in [1.165, 1.54) is 16.9 Å². The molecule has 6 heteroatoms. The molecule has 1 heterocycles. The summed E-state index contributed by atoms with van der Waals surface area (Å²) in [7, 11) is 0. The van der Waals surface area contributed by atoms with E-state index in [2.05, 4.69) is 53.7 Å². The first-order chi connectivity index (χ1) is 12.0. The molecule has 1 aromatic heterocycles. The van der Waals surface area contributed by atoms with Gasteiger partial charge in [-0.05, 0) is 23.6 Å². The van der Waals surface area contributed by atoms with Gasteiger partial charge in [0.2, 0.25) is 0 Å². The molecule has 25 heavy (non-hydrogen) atoms. The van der Waals surface area contributed by atoms with Crippen molar-refractivity contribution in [3.8, 4) is 11.3 Å². The maximum atomic E-state index is 12.1. The van der Waals surface area contributed by atoms with E-state index >= 15 is 0 Å². The van der Waals surface area contributed by atoms with Gasteiger partial charge in [0.05, 0.1) is 16.4 Å². The van der Waals surface area contributed by atoms with E-state index in [4.69, 9.17) is 11.6 Å². The molecule has 0 radical (unpaired) electrons. The second-order valence-electron chi connectivity index (χ2n) is 5.87. The number of carbonyl (C=O) groups is 1. The number of para-hydroxylation sites is 1. The molecule has 0 unspecified atom stereocenters. The maximum absolute atomic E-state index is 12.1. The molecule has 128 valence electrons. The molecule has 3 rings (SSSR count). The van der Waals surface area contributed by atoms with Gasteiger partial charge in [0.1, 0.15) is 0 Å². The summed E-state index contributed by atoms with van der Waals surface area (Å²) in [5, 5.41) is 8.40. The molecule has 0 saturated heterocycles. The van der Waals surface area contributed by atoms with E-state index in [0.29, 0.717) is 21.8 Å². The summed E-state index contributed by atoms with van der Waals surface area (Å²) in [4.78, 5) is 16.6. The van der Waals surface area contributed by atoms with Crippen molar-refractivity contribution in [3.05, 3.63) is 64.5 Å². The smallest absolute Gasteiger partial charge is 0.306 e. The highest BCUT2D eigenvalue weighted by molar-refractivity contribution is 7.14. The van der Waals surface area contributed by atoms with Gasteiger partial charge in [-0.15, -0.1) is 11.3 Å². The highest BCUT2D eigenvalue weighted by Crippen LogP contribution is 2.27. The molecule has 3 aromatic rings. The summed E-state index contributed by atoms with van der Waals surface area (Å²) in [5.74, 6) is 0.496. The van der Waals surface area contributed by atoms with Crippen LogP contribution < -0.4 is 10.6 Å². The lowest BCUT2D eigenvalue weighted by Crippen LogP contribution is -2.19. The van der Waals surface area contributed by atoms with Crippen molar-refractivity contribution in [3.63, 3.8) is 0 Å². The van der Waals surface area contributed by atoms with Crippen LogP contribution in [0.15, 0.2) is 53.9 Å². The van der Waals surface area contributed by atoms with Crippen molar-refractivity contribution in [2.24, 2.45) is 0 Å². The molecule has 0 aliphatic rings. The Hall–Kier alpha value is -2.37. The Morgan fingerprint density at radius 2 is 1.80 bits per heavy atom. The van der Waals surface area contributed by atoms with E-state index in [1.807, 2.05) is 17.5 Å². The SMILES string of the molecule is CC(C)c1ccc(-c2csc(NC(=O)Nc3ccccc3Cl)n2)cc1. The van der Waals surface area contributed by atoms with E-state index in [1.54, 1.807) is 12.1 Å². The van der Waals surface area contributed by atoms with Crippen LogP contribution >= 0.6 is 22.9 Å². The van der Waals surface area contributed by atoms with Crippen LogP contribution in [0.5, 0.6) is 0 Å². The number of anilines is 2. The van der Waals surface area contributed by atoms with Crippen LogP contribution in [0.3, 0.4) is 0 Å². The number of thiazole rings is 1. The number of benzene rings is 2. The molecule has 2 N–H and O–H groups in total. The van der Waals surface area contributed by atoms with Gasteiger partial charge in [-0.25, -0.2) is 9.78 Å². The fourth-order valence-electron chi connectivity index (χ4n) is 2.32. The number of hydrogen-bond acceptors (Lipinski definition) is 3. The first-order valence-corrected chi connectivity index (χ1v) is 9.17. The first-order valence-electron chi connectivity index (χ1n) is 7.91. The van der Waals surface area contributed by atoms with Crippen molar-refractivity contribution in [2.75, 3.05) is 10.6 Å². The third-order valence-corrected chi connectivity index (χ3v) is 4.81.